The van der Waals surface area contributed by atoms with Crippen molar-refractivity contribution in [2.45, 2.75) is 23.0 Å². The molecule has 3 aromatic rings. The maximum absolute atomic E-state index is 12.7. The molecule has 4 heteroatoms. The molecule has 118 valence electrons. The van der Waals surface area contributed by atoms with Gasteiger partial charge in [-0.2, -0.15) is 0 Å². The lowest BCUT2D eigenvalue weighted by molar-refractivity contribution is -0.143. The van der Waals surface area contributed by atoms with Crippen molar-refractivity contribution >= 4 is 28.6 Å². The van der Waals surface area contributed by atoms with Gasteiger partial charge >= 0.3 is 5.97 Å². The average Bonchev–Trinajstić information content (AvgIpc) is 3.02. The van der Waals surface area contributed by atoms with Gasteiger partial charge in [0.15, 0.2) is 0 Å². The minimum atomic E-state index is -0.749. The number of aromatic nitrogens is 1. The van der Waals surface area contributed by atoms with Crippen LogP contribution in [-0.4, -0.2) is 18.1 Å². The Balaban J connectivity index is 2.11. The molecule has 1 heterocycles. The zero-order chi connectivity index (χ0) is 16.3. The maximum Gasteiger partial charge on any atom is 0.326 e. The number of para-hydroxylation sites is 1. The molecule has 3 nitrogen and oxygen atoms in total. The summed E-state index contributed by atoms with van der Waals surface area (Å²) in [4.78, 5) is 17.0. The second-order valence-corrected chi connectivity index (χ2v) is 6.68. The molecule has 2 aromatic carbocycles. The number of carbonyl (C=O) groups is 1. The van der Waals surface area contributed by atoms with E-state index in [1.807, 2.05) is 61.7 Å². The molecule has 0 spiro atoms. The lowest BCUT2D eigenvalue weighted by atomic mass is 9.95. The number of fused-ring (bicyclic) bond motifs is 1. The van der Waals surface area contributed by atoms with Crippen LogP contribution in [0.3, 0.4) is 0 Å². The number of ether oxygens (including phenoxy) is 1. The van der Waals surface area contributed by atoms with Crippen LogP contribution in [0.2, 0.25) is 0 Å². The standard InChI is InChI=1S/C19H19NO2S/c1-3-19(18(21)22-2,14-9-5-4-6-10-14)23-17-13-20-16-12-8-7-11-15(16)17/h4-13,20H,3H2,1-2H3. The third kappa shape index (κ3) is 2.75. The van der Waals surface area contributed by atoms with Crippen LogP contribution in [0.4, 0.5) is 0 Å². The van der Waals surface area contributed by atoms with Gasteiger partial charge in [-0.05, 0) is 18.1 Å². The number of carbonyl (C=O) groups excluding carboxylic acids is 1. The molecule has 0 bridgehead atoms. The van der Waals surface area contributed by atoms with Crippen molar-refractivity contribution in [3.8, 4) is 0 Å². The zero-order valence-electron chi connectivity index (χ0n) is 13.2. The van der Waals surface area contributed by atoms with Crippen molar-refractivity contribution < 1.29 is 9.53 Å². The van der Waals surface area contributed by atoms with Gasteiger partial charge < -0.3 is 9.72 Å². The van der Waals surface area contributed by atoms with Crippen molar-refractivity contribution in [2.24, 2.45) is 0 Å². The van der Waals surface area contributed by atoms with Gasteiger partial charge in [0.2, 0.25) is 0 Å². The molecule has 0 aliphatic rings. The normalized spacial score (nSPS) is 13.7. The molecule has 0 amide bonds. The van der Waals surface area contributed by atoms with Gasteiger partial charge in [-0.25, -0.2) is 0 Å². The number of benzene rings is 2. The highest BCUT2D eigenvalue weighted by atomic mass is 32.2. The molecule has 23 heavy (non-hydrogen) atoms. The summed E-state index contributed by atoms with van der Waals surface area (Å²) in [7, 11) is 1.45. The Morgan fingerprint density at radius 3 is 2.52 bits per heavy atom. The quantitative estimate of drug-likeness (QED) is 0.544. The number of esters is 1. The number of hydrogen-bond acceptors (Lipinski definition) is 3. The Kier molecular flexibility index (Phi) is 4.44. The summed E-state index contributed by atoms with van der Waals surface area (Å²) in [5, 5.41) is 1.12. The van der Waals surface area contributed by atoms with Crippen LogP contribution in [0.25, 0.3) is 10.9 Å². The Hall–Kier alpha value is -2.20. The van der Waals surface area contributed by atoms with Gasteiger partial charge in [-0.15, -0.1) is 11.8 Å². The largest absolute Gasteiger partial charge is 0.468 e. The van der Waals surface area contributed by atoms with Crippen molar-refractivity contribution in [3.05, 3.63) is 66.4 Å². The van der Waals surface area contributed by atoms with Crippen molar-refractivity contribution in [1.29, 1.82) is 0 Å². The smallest absolute Gasteiger partial charge is 0.326 e. The fourth-order valence-electron chi connectivity index (χ4n) is 2.83. The molecule has 0 fully saturated rings. The molecular formula is C19H19NO2S. The lowest BCUT2D eigenvalue weighted by Crippen LogP contribution is -2.33. The molecular weight excluding hydrogens is 306 g/mol. The van der Waals surface area contributed by atoms with E-state index >= 15 is 0 Å². The highest BCUT2D eigenvalue weighted by Gasteiger charge is 2.41. The van der Waals surface area contributed by atoms with E-state index in [-0.39, 0.29) is 5.97 Å². The van der Waals surface area contributed by atoms with Crippen LogP contribution < -0.4 is 0 Å². The summed E-state index contributed by atoms with van der Waals surface area (Å²) < 4.78 is 4.40. The minimum absolute atomic E-state index is 0.221. The predicted octanol–water partition coefficient (Wildman–Crippen LogP) is 4.74. The second kappa shape index (κ2) is 6.50. The number of rotatable bonds is 5. The molecule has 1 N–H and O–H groups in total. The van der Waals surface area contributed by atoms with Gasteiger partial charge in [0.05, 0.1) is 7.11 Å². The van der Waals surface area contributed by atoms with E-state index in [1.54, 1.807) is 11.8 Å². The number of thioether (sulfide) groups is 1. The number of H-pyrrole nitrogens is 1. The number of aromatic amines is 1. The SMILES string of the molecule is CCC(Sc1c[nH]c2ccccc12)(C(=O)OC)c1ccccc1. The summed E-state index contributed by atoms with van der Waals surface area (Å²) in [6.45, 7) is 2.02. The van der Waals surface area contributed by atoms with E-state index in [4.69, 9.17) is 4.74 Å². The average molecular weight is 325 g/mol. The van der Waals surface area contributed by atoms with Crippen molar-refractivity contribution in [1.82, 2.24) is 4.98 Å². The van der Waals surface area contributed by atoms with Gasteiger partial charge in [0, 0.05) is 22.0 Å². The maximum atomic E-state index is 12.7. The monoisotopic (exact) mass is 325 g/mol. The van der Waals surface area contributed by atoms with E-state index in [1.165, 1.54) is 7.11 Å². The van der Waals surface area contributed by atoms with Crippen LogP contribution in [0.15, 0.2) is 65.7 Å². The van der Waals surface area contributed by atoms with Gasteiger partial charge in [-0.1, -0.05) is 55.5 Å². The molecule has 1 atom stereocenters. The molecule has 1 unspecified atom stereocenters. The van der Waals surface area contributed by atoms with Gasteiger partial charge in [0.1, 0.15) is 4.75 Å². The molecule has 0 aliphatic heterocycles. The second-order valence-electron chi connectivity index (χ2n) is 5.34. The minimum Gasteiger partial charge on any atom is -0.468 e. The molecule has 0 radical (unpaired) electrons. The van der Waals surface area contributed by atoms with Crippen LogP contribution in [0.1, 0.15) is 18.9 Å². The summed E-state index contributed by atoms with van der Waals surface area (Å²) in [5.74, 6) is -0.221. The third-order valence-electron chi connectivity index (χ3n) is 4.09. The number of hydrogen-bond donors (Lipinski definition) is 1. The summed E-state index contributed by atoms with van der Waals surface area (Å²) in [5.41, 5.74) is 2.03. The third-order valence-corrected chi connectivity index (χ3v) is 5.69. The molecule has 0 aliphatic carbocycles. The number of nitrogens with one attached hydrogen (secondary N) is 1. The van der Waals surface area contributed by atoms with Crippen LogP contribution in [0.5, 0.6) is 0 Å². The fourth-order valence-corrected chi connectivity index (χ4v) is 4.17. The van der Waals surface area contributed by atoms with E-state index < -0.39 is 4.75 Å². The predicted molar refractivity (Wildman–Crippen MR) is 94.6 cm³/mol. The Bertz CT molecular complexity index is 812. The van der Waals surface area contributed by atoms with E-state index in [9.17, 15) is 4.79 Å². The van der Waals surface area contributed by atoms with Crippen molar-refractivity contribution in [2.75, 3.05) is 7.11 Å². The summed E-state index contributed by atoms with van der Waals surface area (Å²) in [6, 6.07) is 18.0. The molecule has 3 rings (SSSR count). The summed E-state index contributed by atoms with van der Waals surface area (Å²) in [6.07, 6.45) is 2.61. The number of methoxy groups -OCH3 is 1. The highest BCUT2D eigenvalue weighted by molar-refractivity contribution is 8.01. The van der Waals surface area contributed by atoms with E-state index in [0.717, 1.165) is 21.4 Å². The molecule has 0 saturated heterocycles. The zero-order valence-corrected chi connectivity index (χ0v) is 14.0. The Morgan fingerprint density at radius 2 is 1.83 bits per heavy atom. The lowest BCUT2D eigenvalue weighted by Gasteiger charge is -2.29. The van der Waals surface area contributed by atoms with Crippen molar-refractivity contribution in [3.63, 3.8) is 0 Å². The first-order chi connectivity index (χ1) is 11.2. The van der Waals surface area contributed by atoms with Crippen LogP contribution in [-0.2, 0) is 14.3 Å². The van der Waals surface area contributed by atoms with Gasteiger partial charge in [0.25, 0.3) is 0 Å². The van der Waals surface area contributed by atoms with Crippen LogP contribution in [0, 0.1) is 0 Å². The molecule has 1 aromatic heterocycles. The Morgan fingerprint density at radius 1 is 1.13 bits per heavy atom. The van der Waals surface area contributed by atoms with Crippen LogP contribution >= 0.6 is 11.8 Å². The molecule has 0 saturated carbocycles. The summed E-state index contributed by atoms with van der Waals surface area (Å²) >= 11 is 1.55. The Labute approximate surface area is 140 Å². The van der Waals surface area contributed by atoms with E-state index in [2.05, 4.69) is 11.1 Å². The first-order valence-electron chi connectivity index (χ1n) is 7.60. The topological polar surface area (TPSA) is 42.1 Å². The van der Waals surface area contributed by atoms with Gasteiger partial charge in [-0.3, -0.25) is 4.79 Å². The van der Waals surface area contributed by atoms with E-state index in [0.29, 0.717) is 6.42 Å². The fraction of sp³-hybridized carbons (Fsp3) is 0.211. The highest BCUT2D eigenvalue weighted by Crippen LogP contribution is 2.47. The first-order valence-corrected chi connectivity index (χ1v) is 8.42. The first kappa shape index (κ1) is 15.7.